The van der Waals surface area contributed by atoms with Gasteiger partial charge in [-0.3, -0.25) is 14.9 Å². The molecule has 1 saturated carbocycles. The molecule has 0 saturated heterocycles. The topological polar surface area (TPSA) is 111 Å². The van der Waals surface area contributed by atoms with Crippen molar-refractivity contribution in [2.24, 2.45) is 0 Å². The van der Waals surface area contributed by atoms with Gasteiger partial charge in [0.15, 0.2) is 0 Å². The van der Waals surface area contributed by atoms with Crippen molar-refractivity contribution in [1.29, 1.82) is 0 Å². The number of aromatic nitrogens is 2. The van der Waals surface area contributed by atoms with Crippen molar-refractivity contribution in [2.45, 2.75) is 25.7 Å². The van der Waals surface area contributed by atoms with Crippen LogP contribution in [0, 0.1) is 22.9 Å². The van der Waals surface area contributed by atoms with E-state index in [1.54, 1.807) is 13.0 Å². The lowest BCUT2D eigenvalue weighted by Crippen LogP contribution is -2.14. The summed E-state index contributed by atoms with van der Waals surface area (Å²) in [5, 5.41) is 17.8. The number of aryl methyl sites for hydroxylation is 1. The monoisotopic (exact) mass is 356 g/mol. The van der Waals surface area contributed by atoms with E-state index in [9.17, 15) is 19.3 Å². The minimum Gasteiger partial charge on any atom is -0.336 e. The predicted octanol–water partition coefficient (Wildman–Crippen LogP) is 3.71. The zero-order chi connectivity index (χ0) is 18.4. The van der Waals surface area contributed by atoms with Gasteiger partial charge in [0.25, 0.3) is 11.6 Å². The highest BCUT2D eigenvalue weighted by molar-refractivity contribution is 6.12. The Morgan fingerprint density at radius 3 is 2.85 bits per heavy atom. The maximum absolute atomic E-state index is 13.5. The minimum absolute atomic E-state index is 0.121. The van der Waals surface area contributed by atoms with Gasteiger partial charge in [0.2, 0.25) is 5.82 Å². The molecule has 1 fully saturated rings. The number of fused-ring (bicyclic) bond motifs is 1. The van der Waals surface area contributed by atoms with Crippen LogP contribution in [0.4, 0.5) is 15.8 Å². The highest BCUT2D eigenvalue weighted by Gasteiger charge is 2.28. The largest absolute Gasteiger partial charge is 0.336 e. The lowest BCUT2D eigenvalue weighted by molar-refractivity contribution is -0.387. The number of nitrogens with zero attached hydrogens (tertiary/aromatic N) is 3. The summed E-state index contributed by atoms with van der Waals surface area (Å²) >= 11 is 0. The second kappa shape index (κ2) is 5.87. The number of halogens is 1. The summed E-state index contributed by atoms with van der Waals surface area (Å²) in [6.07, 6.45) is 1.99. The number of nitro groups is 1. The summed E-state index contributed by atoms with van der Waals surface area (Å²) in [5.74, 6) is -1.17. The number of hydrogen-bond donors (Lipinski definition) is 1. The Bertz CT molecular complexity index is 1060. The zero-order valence-electron chi connectivity index (χ0n) is 13.7. The summed E-state index contributed by atoms with van der Waals surface area (Å²) < 4.78 is 18.7. The van der Waals surface area contributed by atoms with Crippen molar-refractivity contribution in [3.8, 4) is 0 Å². The third-order valence-corrected chi connectivity index (χ3v) is 4.28. The summed E-state index contributed by atoms with van der Waals surface area (Å²) in [6.45, 7) is 1.70. The molecule has 0 radical (unpaired) electrons. The average molecular weight is 356 g/mol. The van der Waals surface area contributed by atoms with Gasteiger partial charge >= 0.3 is 5.69 Å². The van der Waals surface area contributed by atoms with E-state index in [0.717, 1.165) is 30.7 Å². The van der Waals surface area contributed by atoms with Crippen LogP contribution in [-0.4, -0.2) is 21.0 Å². The standard InChI is InChI=1S/C17H13FN4O4/c1-8-15-11(7-13(9-2-3-9)20-17(15)26-21-8)16(23)19-10-4-5-12(18)14(6-10)22(24)25/h4-7,9H,2-3H2,1H3,(H,19,23). The Labute approximate surface area is 146 Å². The quantitative estimate of drug-likeness (QED) is 0.563. The second-order valence-electron chi connectivity index (χ2n) is 6.19. The molecule has 132 valence electrons. The van der Waals surface area contributed by atoms with Gasteiger partial charge in [-0.05, 0) is 38.0 Å². The number of anilines is 1. The Balaban J connectivity index is 1.73. The van der Waals surface area contributed by atoms with Gasteiger partial charge in [0.1, 0.15) is 0 Å². The van der Waals surface area contributed by atoms with E-state index in [1.165, 1.54) is 6.07 Å². The van der Waals surface area contributed by atoms with E-state index in [1.807, 2.05) is 0 Å². The van der Waals surface area contributed by atoms with Crippen LogP contribution in [0.25, 0.3) is 11.1 Å². The first kappa shape index (κ1) is 16.1. The van der Waals surface area contributed by atoms with Crippen LogP contribution >= 0.6 is 0 Å². The van der Waals surface area contributed by atoms with Crippen LogP contribution in [0.1, 0.15) is 40.5 Å². The molecule has 0 spiro atoms. The minimum atomic E-state index is -0.967. The lowest BCUT2D eigenvalue weighted by Gasteiger charge is -2.08. The maximum Gasteiger partial charge on any atom is 0.306 e. The van der Waals surface area contributed by atoms with Gasteiger partial charge in [0.05, 0.1) is 21.6 Å². The number of pyridine rings is 1. The summed E-state index contributed by atoms with van der Waals surface area (Å²) in [6, 6.07) is 4.88. The van der Waals surface area contributed by atoms with Crippen LogP contribution in [0.2, 0.25) is 0 Å². The van der Waals surface area contributed by atoms with Gasteiger partial charge in [-0.15, -0.1) is 0 Å². The molecule has 1 aliphatic rings. The molecule has 0 atom stereocenters. The first-order chi connectivity index (χ1) is 12.4. The smallest absolute Gasteiger partial charge is 0.306 e. The van der Waals surface area contributed by atoms with E-state index in [0.29, 0.717) is 22.6 Å². The molecule has 8 nitrogen and oxygen atoms in total. The number of hydrogen-bond acceptors (Lipinski definition) is 6. The van der Waals surface area contributed by atoms with E-state index < -0.39 is 22.3 Å². The fourth-order valence-corrected chi connectivity index (χ4v) is 2.81. The number of nitro benzene ring substituents is 1. The third-order valence-electron chi connectivity index (χ3n) is 4.28. The van der Waals surface area contributed by atoms with E-state index in [-0.39, 0.29) is 11.4 Å². The average Bonchev–Trinajstić information content (AvgIpc) is 3.39. The van der Waals surface area contributed by atoms with Gasteiger partial charge in [-0.1, -0.05) is 5.16 Å². The molecule has 1 aromatic carbocycles. The molecule has 26 heavy (non-hydrogen) atoms. The molecule has 0 aliphatic heterocycles. The number of benzene rings is 1. The fourth-order valence-electron chi connectivity index (χ4n) is 2.81. The molecule has 2 aromatic heterocycles. The summed E-state index contributed by atoms with van der Waals surface area (Å²) in [7, 11) is 0. The fraction of sp³-hybridized carbons (Fsp3) is 0.235. The molecule has 1 amide bonds. The molecule has 0 bridgehead atoms. The van der Waals surface area contributed by atoms with Crippen molar-refractivity contribution >= 4 is 28.4 Å². The number of rotatable bonds is 4. The molecule has 3 aromatic rings. The zero-order valence-corrected chi connectivity index (χ0v) is 13.7. The first-order valence-electron chi connectivity index (χ1n) is 7.96. The predicted molar refractivity (Wildman–Crippen MR) is 89.5 cm³/mol. The van der Waals surface area contributed by atoms with Crippen molar-refractivity contribution in [1.82, 2.24) is 10.1 Å². The Hall–Kier alpha value is -3.36. The lowest BCUT2D eigenvalue weighted by atomic mass is 10.1. The molecule has 4 rings (SSSR count). The Morgan fingerprint density at radius 1 is 1.38 bits per heavy atom. The highest BCUT2D eigenvalue weighted by atomic mass is 19.1. The first-order valence-corrected chi connectivity index (χ1v) is 7.96. The van der Waals surface area contributed by atoms with Crippen LogP contribution in [-0.2, 0) is 0 Å². The summed E-state index contributed by atoms with van der Waals surface area (Å²) in [5.41, 5.74) is 1.29. The number of amides is 1. The van der Waals surface area contributed by atoms with Gasteiger partial charge in [0, 0.05) is 23.4 Å². The number of nitrogens with one attached hydrogen (secondary N) is 1. The maximum atomic E-state index is 13.5. The third kappa shape index (κ3) is 2.77. The molecule has 2 heterocycles. The highest BCUT2D eigenvalue weighted by Crippen LogP contribution is 2.40. The normalized spacial score (nSPS) is 13.8. The van der Waals surface area contributed by atoms with Crippen LogP contribution in [0.15, 0.2) is 28.8 Å². The van der Waals surface area contributed by atoms with Gasteiger partial charge in [-0.25, -0.2) is 4.98 Å². The molecule has 0 unspecified atom stereocenters. The Kier molecular flexibility index (Phi) is 3.64. The number of carbonyl (C=O) groups is 1. The van der Waals surface area contributed by atoms with Crippen LogP contribution in [0.3, 0.4) is 0 Å². The molecule has 1 N–H and O–H groups in total. The van der Waals surface area contributed by atoms with Crippen LogP contribution in [0.5, 0.6) is 0 Å². The molecule has 1 aliphatic carbocycles. The molecule has 9 heteroatoms. The second-order valence-corrected chi connectivity index (χ2v) is 6.19. The Morgan fingerprint density at radius 2 is 2.15 bits per heavy atom. The van der Waals surface area contributed by atoms with Crippen molar-refractivity contribution in [3.05, 3.63) is 57.1 Å². The molecular weight excluding hydrogens is 343 g/mol. The van der Waals surface area contributed by atoms with Crippen molar-refractivity contribution in [3.63, 3.8) is 0 Å². The van der Waals surface area contributed by atoms with Crippen LogP contribution < -0.4 is 5.32 Å². The van der Waals surface area contributed by atoms with Gasteiger partial charge in [-0.2, -0.15) is 4.39 Å². The van der Waals surface area contributed by atoms with E-state index in [4.69, 9.17) is 4.52 Å². The molecular formula is C17H13FN4O4. The van der Waals surface area contributed by atoms with Crippen molar-refractivity contribution in [2.75, 3.05) is 5.32 Å². The SMILES string of the molecule is Cc1noc2nc(C3CC3)cc(C(=O)Nc3ccc(F)c([N+](=O)[O-])c3)c12. The van der Waals surface area contributed by atoms with E-state index in [2.05, 4.69) is 15.5 Å². The van der Waals surface area contributed by atoms with Crippen molar-refractivity contribution < 1.29 is 18.6 Å². The summed E-state index contributed by atoms with van der Waals surface area (Å²) in [4.78, 5) is 27.2. The van der Waals surface area contributed by atoms with E-state index >= 15 is 0 Å². The van der Waals surface area contributed by atoms with Gasteiger partial charge < -0.3 is 9.84 Å². The number of carbonyl (C=O) groups excluding carboxylic acids is 1.